The van der Waals surface area contributed by atoms with Crippen molar-refractivity contribution in [3.63, 3.8) is 0 Å². The molecule has 37 heavy (non-hydrogen) atoms. The van der Waals surface area contributed by atoms with Gasteiger partial charge in [0.25, 0.3) is 0 Å². The number of ether oxygens (including phenoxy) is 1. The van der Waals surface area contributed by atoms with E-state index >= 15 is 0 Å². The number of carbonyl (C=O) groups excluding carboxylic acids is 2. The molecule has 0 spiro atoms. The van der Waals surface area contributed by atoms with Crippen LogP contribution in [0.25, 0.3) is 0 Å². The van der Waals surface area contributed by atoms with E-state index in [9.17, 15) is 14.7 Å². The standard InChI is InChI=1S/C31H49NO4S/c1-7-29(5)16-25(36-26(34)17-37-23-14-21-12-18(2)13-22(15-23)32-21)30(6)19(3)8-10-31(20(4)28(29)35)11-9-24(33)27(30)31/h7,18-23,25,27-28,32,35H,1,8-17H2,2-6H3/t18?,19-,20+,21-,22+,23?,25-,27+,28+,29-,30-,31+/m1/s1. The minimum Gasteiger partial charge on any atom is -0.461 e. The summed E-state index contributed by atoms with van der Waals surface area (Å²) in [5.74, 6) is 1.37. The number of rotatable bonds is 5. The van der Waals surface area contributed by atoms with Crippen LogP contribution >= 0.6 is 11.8 Å². The third kappa shape index (κ3) is 4.55. The maximum atomic E-state index is 13.5. The van der Waals surface area contributed by atoms with E-state index in [0.717, 1.165) is 38.0 Å². The average molecular weight is 532 g/mol. The van der Waals surface area contributed by atoms with Crippen LogP contribution in [-0.4, -0.2) is 52.2 Å². The molecule has 0 aromatic rings. The van der Waals surface area contributed by atoms with Gasteiger partial charge in [0.2, 0.25) is 0 Å². The minimum absolute atomic E-state index is 0.00642. The summed E-state index contributed by atoms with van der Waals surface area (Å²) in [5.41, 5.74) is -1.25. The summed E-state index contributed by atoms with van der Waals surface area (Å²) in [6.07, 6.45) is 9.40. The van der Waals surface area contributed by atoms with Gasteiger partial charge in [0.1, 0.15) is 11.9 Å². The number of nitrogens with one attached hydrogen (secondary N) is 1. The quantitative estimate of drug-likeness (QED) is 0.358. The van der Waals surface area contributed by atoms with Crippen LogP contribution in [0.4, 0.5) is 0 Å². The van der Waals surface area contributed by atoms with Crippen molar-refractivity contribution >= 4 is 23.5 Å². The number of ketones is 1. The molecule has 4 bridgehead atoms. The Labute approximate surface area is 228 Å². The van der Waals surface area contributed by atoms with E-state index in [-0.39, 0.29) is 29.1 Å². The summed E-state index contributed by atoms with van der Waals surface area (Å²) >= 11 is 1.76. The number of piperidine rings is 2. The van der Waals surface area contributed by atoms with Crippen LogP contribution in [0.1, 0.15) is 92.4 Å². The largest absolute Gasteiger partial charge is 0.461 e. The van der Waals surface area contributed by atoms with Gasteiger partial charge in [0, 0.05) is 40.5 Å². The van der Waals surface area contributed by atoms with Crippen molar-refractivity contribution in [2.45, 2.75) is 122 Å². The maximum Gasteiger partial charge on any atom is 0.316 e. The van der Waals surface area contributed by atoms with Crippen molar-refractivity contribution in [1.82, 2.24) is 5.32 Å². The molecule has 12 atom stereocenters. The zero-order chi connectivity index (χ0) is 26.8. The topological polar surface area (TPSA) is 75.6 Å². The Morgan fingerprint density at radius 3 is 2.49 bits per heavy atom. The Morgan fingerprint density at radius 2 is 1.84 bits per heavy atom. The number of hydrogen-bond donors (Lipinski definition) is 2. The smallest absolute Gasteiger partial charge is 0.316 e. The summed E-state index contributed by atoms with van der Waals surface area (Å²) in [6, 6.07) is 1.14. The summed E-state index contributed by atoms with van der Waals surface area (Å²) in [6.45, 7) is 15.1. The molecule has 208 valence electrons. The Bertz CT molecular complexity index is 907. The maximum absolute atomic E-state index is 13.5. The monoisotopic (exact) mass is 531 g/mol. The lowest BCUT2D eigenvalue weighted by Crippen LogP contribution is -2.63. The Kier molecular flexibility index (Phi) is 7.46. The van der Waals surface area contributed by atoms with Crippen LogP contribution < -0.4 is 5.32 Å². The van der Waals surface area contributed by atoms with Crippen molar-refractivity contribution in [3.05, 3.63) is 12.7 Å². The van der Waals surface area contributed by atoms with Gasteiger partial charge in [-0.25, -0.2) is 0 Å². The second kappa shape index (κ2) is 9.96. The van der Waals surface area contributed by atoms with Crippen molar-refractivity contribution in [2.24, 2.45) is 39.9 Å². The van der Waals surface area contributed by atoms with Crippen molar-refractivity contribution < 1.29 is 19.4 Å². The SMILES string of the molecule is C=C[C@]1(C)C[C@@H](OC(=O)CSC2C[C@H]3CC(C)C[C@@H](C2)N3)[C@@]2(C)[C@H](C)CC[C@]3(CCC(=O)[C@H]32)[C@@H](C)[C@@H]1O. The van der Waals surface area contributed by atoms with Gasteiger partial charge in [0.05, 0.1) is 11.9 Å². The number of aliphatic hydroxyl groups excluding tert-OH is 1. The first-order valence-electron chi connectivity index (χ1n) is 14.8. The molecule has 0 aromatic carbocycles. The molecule has 0 aromatic heterocycles. The number of fused-ring (bicyclic) bond motifs is 2. The molecule has 3 aliphatic carbocycles. The van der Waals surface area contributed by atoms with Gasteiger partial charge in [-0.2, -0.15) is 0 Å². The second-order valence-electron chi connectivity index (χ2n) is 14.1. The van der Waals surface area contributed by atoms with Gasteiger partial charge in [-0.1, -0.05) is 40.7 Å². The highest BCUT2D eigenvalue weighted by Crippen LogP contribution is 2.68. The fourth-order valence-electron chi connectivity index (χ4n) is 9.61. The molecule has 6 heteroatoms. The lowest BCUT2D eigenvalue weighted by Gasteiger charge is -2.61. The highest BCUT2D eigenvalue weighted by atomic mass is 32.2. The van der Waals surface area contributed by atoms with Crippen LogP contribution in [0, 0.1) is 39.9 Å². The predicted octanol–water partition coefficient (Wildman–Crippen LogP) is 5.55. The van der Waals surface area contributed by atoms with Gasteiger partial charge < -0.3 is 15.2 Å². The van der Waals surface area contributed by atoms with Gasteiger partial charge in [-0.3, -0.25) is 9.59 Å². The van der Waals surface area contributed by atoms with E-state index in [1.807, 2.05) is 6.08 Å². The highest BCUT2D eigenvalue weighted by molar-refractivity contribution is 8.00. The predicted molar refractivity (Wildman–Crippen MR) is 149 cm³/mol. The summed E-state index contributed by atoms with van der Waals surface area (Å²) < 4.78 is 6.44. The van der Waals surface area contributed by atoms with E-state index in [1.54, 1.807) is 11.8 Å². The Balaban J connectivity index is 1.37. The van der Waals surface area contributed by atoms with E-state index in [2.05, 4.69) is 46.5 Å². The number of esters is 1. The van der Waals surface area contributed by atoms with E-state index in [0.29, 0.717) is 41.7 Å². The summed E-state index contributed by atoms with van der Waals surface area (Å²) in [5, 5.41) is 15.9. The molecular weight excluding hydrogens is 482 g/mol. The molecule has 5 nitrogen and oxygen atoms in total. The molecule has 5 fully saturated rings. The zero-order valence-corrected chi connectivity index (χ0v) is 24.4. The molecule has 5 aliphatic rings. The highest BCUT2D eigenvalue weighted by Gasteiger charge is 2.68. The molecule has 3 saturated carbocycles. The summed E-state index contributed by atoms with van der Waals surface area (Å²) in [7, 11) is 0. The number of carbonyl (C=O) groups is 2. The molecule has 0 radical (unpaired) electrons. The first-order valence-corrected chi connectivity index (χ1v) is 15.9. The summed E-state index contributed by atoms with van der Waals surface area (Å²) in [4.78, 5) is 27.0. The molecular formula is C31H49NO4S. The Hall–Kier alpha value is -0.850. The van der Waals surface area contributed by atoms with Crippen LogP contribution in [0.5, 0.6) is 0 Å². The van der Waals surface area contributed by atoms with Crippen LogP contribution in [0.15, 0.2) is 12.7 Å². The molecule has 2 aliphatic heterocycles. The molecule has 2 N–H and O–H groups in total. The zero-order valence-electron chi connectivity index (χ0n) is 23.6. The lowest BCUT2D eigenvalue weighted by molar-refractivity contribution is -0.205. The molecule has 5 rings (SSSR count). The van der Waals surface area contributed by atoms with Crippen LogP contribution in [-0.2, 0) is 14.3 Å². The number of hydrogen-bond acceptors (Lipinski definition) is 6. The lowest BCUT2D eigenvalue weighted by atomic mass is 9.44. The van der Waals surface area contributed by atoms with Crippen LogP contribution in [0.3, 0.4) is 0 Å². The first kappa shape index (κ1) is 27.7. The van der Waals surface area contributed by atoms with Gasteiger partial charge in [-0.15, -0.1) is 18.3 Å². The van der Waals surface area contributed by atoms with Gasteiger partial charge >= 0.3 is 5.97 Å². The van der Waals surface area contributed by atoms with Gasteiger partial charge in [-0.05, 0) is 74.5 Å². The first-order chi connectivity index (χ1) is 17.4. The molecule has 2 saturated heterocycles. The fraction of sp³-hybridized carbons (Fsp3) is 0.871. The van der Waals surface area contributed by atoms with E-state index in [4.69, 9.17) is 4.74 Å². The number of thioether (sulfide) groups is 1. The average Bonchev–Trinajstić information content (AvgIpc) is 3.20. The normalized spacial score (nSPS) is 51.5. The second-order valence-corrected chi connectivity index (χ2v) is 15.4. The molecule has 2 unspecified atom stereocenters. The van der Waals surface area contributed by atoms with Crippen molar-refractivity contribution in [1.29, 1.82) is 0 Å². The molecule has 2 heterocycles. The van der Waals surface area contributed by atoms with E-state index < -0.39 is 23.0 Å². The number of Topliss-reactive ketones (excluding diaryl/α,β-unsaturated/α-hetero) is 1. The van der Waals surface area contributed by atoms with Gasteiger partial charge in [0.15, 0.2) is 0 Å². The third-order valence-corrected chi connectivity index (χ3v) is 13.2. The van der Waals surface area contributed by atoms with Crippen LogP contribution in [0.2, 0.25) is 0 Å². The van der Waals surface area contributed by atoms with Crippen molar-refractivity contribution in [2.75, 3.05) is 5.75 Å². The van der Waals surface area contributed by atoms with E-state index in [1.165, 1.54) is 12.8 Å². The molecule has 0 amide bonds. The fourth-order valence-corrected chi connectivity index (χ4v) is 10.8. The minimum atomic E-state index is -0.622. The Morgan fingerprint density at radius 1 is 1.16 bits per heavy atom. The third-order valence-electron chi connectivity index (χ3n) is 12.0. The number of aliphatic hydroxyl groups is 1. The van der Waals surface area contributed by atoms with Crippen molar-refractivity contribution in [3.8, 4) is 0 Å².